The maximum atomic E-state index is 6.57. The van der Waals surface area contributed by atoms with E-state index in [0.717, 1.165) is 93.4 Å². The predicted octanol–water partition coefficient (Wildman–Crippen LogP) is 13.0. The first-order chi connectivity index (χ1) is 28.3. The van der Waals surface area contributed by atoms with Crippen LogP contribution < -0.4 is 0 Å². The van der Waals surface area contributed by atoms with Crippen LogP contribution in [-0.4, -0.2) is 24.1 Å². The van der Waals surface area contributed by atoms with Gasteiger partial charge in [0.15, 0.2) is 5.82 Å². The summed E-state index contributed by atoms with van der Waals surface area (Å²) in [5, 5.41) is 6.69. The summed E-state index contributed by atoms with van der Waals surface area (Å²) in [7, 11) is 0. The molecule has 0 bridgehead atoms. The molecule has 0 atom stereocenters. The van der Waals surface area contributed by atoms with Gasteiger partial charge in [-0.05, 0) is 47.0 Å². The summed E-state index contributed by atoms with van der Waals surface area (Å²) in [6, 6.07) is 65.5. The fourth-order valence-electron chi connectivity index (χ4n) is 8.68. The second kappa shape index (κ2) is 12.3. The second-order valence-electron chi connectivity index (χ2n) is 14.4. The van der Waals surface area contributed by atoms with Gasteiger partial charge in [-0.25, -0.2) is 0 Å². The van der Waals surface area contributed by atoms with Crippen molar-refractivity contribution in [1.82, 2.24) is 24.1 Å². The molecule has 0 saturated carbocycles. The molecule has 0 saturated heterocycles. The van der Waals surface area contributed by atoms with Gasteiger partial charge in [-0.2, -0.15) is 15.0 Å². The van der Waals surface area contributed by atoms with Crippen molar-refractivity contribution < 1.29 is 4.42 Å². The fourth-order valence-corrected chi connectivity index (χ4v) is 8.68. The summed E-state index contributed by atoms with van der Waals surface area (Å²) < 4.78 is 10.9. The monoisotopic (exact) mass is 729 g/mol. The Hall–Kier alpha value is -7.83. The number of rotatable bonds is 5. The van der Waals surface area contributed by atoms with Crippen molar-refractivity contribution in [1.29, 1.82) is 0 Å². The zero-order valence-electron chi connectivity index (χ0n) is 30.5. The molecule has 8 aromatic carbocycles. The number of hydrogen-bond acceptors (Lipinski definition) is 4. The molecule has 6 heteroatoms. The third kappa shape index (κ3) is 4.81. The van der Waals surface area contributed by atoms with Gasteiger partial charge in [-0.3, -0.25) is 9.13 Å². The molecule has 0 aliphatic heterocycles. The molecule has 0 unspecified atom stereocenters. The van der Waals surface area contributed by atoms with E-state index in [4.69, 9.17) is 19.4 Å². The molecular formula is C51H31N5O. The molecule has 6 nitrogen and oxygen atoms in total. The Labute approximate surface area is 326 Å². The minimum absolute atomic E-state index is 0.532. The Morgan fingerprint density at radius 1 is 0.333 bits per heavy atom. The van der Waals surface area contributed by atoms with E-state index in [1.807, 2.05) is 24.3 Å². The molecular weight excluding hydrogens is 699 g/mol. The summed E-state index contributed by atoms with van der Waals surface area (Å²) in [5.41, 5.74) is 10.9. The summed E-state index contributed by atoms with van der Waals surface area (Å²) in [4.78, 5) is 16.2. The summed E-state index contributed by atoms with van der Waals surface area (Å²) in [6.07, 6.45) is 0. The van der Waals surface area contributed by atoms with E-state index in [1.54, 1.807) is 0 Å². The van der Waals surface area contributed by atoms with Crippen LogP contribution >= 0.6 is 0 Å². The van der Waals surface area contributed by atoms with Crippen LogP contribution in [0, 0.1) is 0 Å². The average molecular weight is 730 g/mol. The molecule has 12 rings (SSSR count). The number of para-hydroxylation sites is 5. The zero-order chi connectivity index (χ0) is 37.5. The maximum absolute atomic E-state index is 6.57. The predicted molar refractivity (Wildman–Crippen MR) is 232 cm³/mol. The van der Waals surface area contributed by atoms with Crippen molar-refractivity contribution >= 4 is 65.6 Å². The molecule has 0 radical (unpaired) electrons. The van der Waals surface area contributed by atoms with Crippen LogP contribution in [0.15, 0.2) is 192 Å². The van der Waals surface area contributed by atoms with Crippen molar-refractivity contribution in [2.45, 2.75) is 0 Å². The third-order valence-electron chi connectivity index (χ3n) is 11.2. The number of benzene rings is 8. The van der Waals surface area contributed by atoms with E-state index in [1.165, 1.54) is 0 Å². The highest BCUT2D eigenvalue weighted by molar-refractivity contribution is 6.12. The first-order valence-electron chi connectivity index (χ1n) is 19.1. The molecule has 12 aromatic rings. The zero-order valence-corrected chi connectivity index (χ0v) is 30.5. The molecule has 0 amide bonds. The molecule has 0 N–H and O–H groups in total. The molecule has 4 aromatic heterocycles. The number of nitrogens with zero attached hydrogens (tertiary/aromatic N) is 5. The second-order valence-corrected chi connectivity index (χ2v) is 14.4. The fraction of sp³-hybridized carbons (Fsp3) is 0. The van der Waals surface area contributed by atoms with Gasteiger partial charge >= 0.3 is 0 Å². The highest BCUT2D eigenvalue weighted by Gasteiger charge is 2.23. The Morgan fingerprint density at radius 2 is 0.842 bits per heavy atom. The van der Waals surface area contributed by atoms with Gasteiger partial charge in [0.05, 0.1) is 22.1 Å². The van der Waals surface area contributed by atoms with E-state index in [2.05, 4.69) is 173 Å². The average Bonchev–Trinajstić information content (AvgIpc) is 3.94. The van der Waals surface area contributed by atoms with Crippen LogP contribution in [0.4, 0.5) is 0 Å². The highest BCUT2D eigenvalue weighted by atomic mass is 16.3. The maximum Gasteiger partial charge on any atom is 0.240 e. The van der Waals surface area contributed by atoms with Gasteiger partial charge in [-0.1, -0.05) is 158 Å². The van der Waals surface area contributed by atoms with Crippen LogP contribution in [0.3, 0.4) is 0 Å². The molecule has 4 heterocycles. The van der Waals surface area contributed by atoms with Crippen LogP contribution in [0.1, 0.15) is 0 Å². The molecule has 0 spiro atoms. The molecule has 0 fully saturated rings. The van der Waals surface area contributed by atoms with E-state index < -0.39 is 0 Å². The lowest BCUT2D eigenvalue weighted by Gasteiger charge is -2.15. The normalized spacial score (nSPS) is 11.9. The Morgan fingerprint density at radius 3 is 1.53 bits per heavy atom. The van der Waals surface area contributed by atoms with Crippen molar-refractivity contribution in [3.63, 3.8) is 0 Å². The van der Waals surface area contributed by atoms with Crippen molar-refractivity contribution in [2.75, 3.05) is 0 Å². The van der Waals surface area contributed by atoms with Gasteiger partial charge in [0.1, 0.15) is 11.2 Å². The van der Waals surface area contributed by atoms with Crippen molar-refractivity contribution in [3.8, 4) is 45.5 Å². The Kier molecular flexibility index (Phi) is 6.83. The molecule has 57 heavy (non-hydrogen) atoms. The van der Waals surface area contributed by atoms with Gasteiger partial charge in [0.25, 0.3) is 0 Å². The smallest absolute Gasteiger partial charge is 0.240 e. The molecule has 0 aliphatic carbocycles. The van der Waals surface area contributed by atoms with Crippen molar-refractivity contribution in [2.24, 2.45) is 0 Å². The number of furan rings is 1. The summed E-state index contributed by atoms with van der Waals surface area (Å²) in [6.45, 7) is 0. The lowest BCUT2D eigenvalue weighted by atomic mass is 9.97. The lowest BCUT2D eigenvalue weighted by molar-refractivity contribution is 0.670. The lowest BCUT2D eigenvalue weighted by Crippen LogP contribution is -2.10. The Bertz CT molecular complexity index is 3490. The van der Waals surface area contributed by atoms with Gasteiger partial charge < -0.3 is 4.42 Å². The first kappa shape index (κ1) is 31.5. The van der Waals surface area contributed by atoms with Crippen LogP contribution in [0.5, 0.6) is 0 Å². The van der Waals surface area contributed by atoms with Gasteiger partial charge in [-0.15, -0.1) is 0 Å². The van der Waals surface area contributed by atoms with Gasteiger partial charge in [0.2, 0.25) is 11.9 Å². The van der Waals surface area contributed by atoms with Crippen molar-refractivity contribution in [3.05, 3.63) is 188 Å². The number of aromatic nitrogens is 5. The first-order valence-corrected chi connectivity index (χ1v) is 19.1. The van der Waals surface area contributed by atoms with Crippen LogP contribution in [-0.2, 0) is 0 Å². The highest BCUT2D eigenvalue weighted by Crippen LogP contribution is 2.41. The van der Waals surface area contributed by atoms with E-state index in [0.29, 0.717) is 17.7 Å². The topological polar surface area (TPSA) is 61.7 Å². The minimum atomic E-state index is 0.532. The minimum Gasteiger partial charge on any atom is -0.455 e. The molecule has 266 valence electrons. The van der Waals surface area contributed by atoms with E-state index in [9.17, 15) is 0 Å². The van der Waals surface area contributed by atoms with E-state index >= 15 is 0 Å². The quantitative estimate of drug-likeness (QED) is 0.177. The summed E-state index contributed by atoms with van der Waals surface area (Å²) in [5.74, 6) is 1.63. The molecule has 0 aliphatic rings. The van der Waals surface area contributed by atoms with E-state index in [-0.39, 0.29) is 0 Å². The van der Waals surface area contributed by atoms with Crippen LogP contribution in [0.25, 0.3) is 111 Å². The third-order valence-corrected chi connectivity index (χ3v) is 11.2. The number of hydrogen-bond donors (Lipinski definition) is 0. The number of fused-ring (bicyclic) bond motifs is 9. The van der Waals surface area contributed by atoms with Gasteiger partial charge in [0, 0.05) is 43.4 Å². The summed E-state index contributed by atoms with van der Waals surface area (Å²) >= 11 is 0. The SMILES string of the molecule is c1ccc(-c2ccc3c4ccccc4n(-c4nc(-c5ccccc5-c5cccc6c5oc5ccccc56)nc(-n5c6ccccc6c6ccccc65)n4)c3c2)cc1. The Balaban J connectivity index is 1.18. The standard InChI is InChI=1S/C51H31N5O/c1-2-15-32(16-3-1)33-29-30-38-37-20-8-12-27-45(37)56(46(38)31-33)51-53-49(52-50(54-51)55-43-25-10-6-18-35(43)36-19-7-11-26-44(36)55)42-22-5-4-17-34(42)40-23-14-24-41-39-21-9-13-28-47(39)57-48(40)41/h1-31H. The largest absolute Gasteiger partial charge is 0.455 e. The van der Waals surface area contributed by atoms with Crippen LogP contribution in [0.2, 0.25) is 0 Å².